The van der Waals surface area contributed by atoms with E-state index >= 15 is 0 Å². The van der Waals surface area contributed by atoms with Gasteiger partial charge in [0, 0.05) is 19.4 Å². The molecular formula is C39H64O14. The Bertz CT molecular complexity index is 1330. The molecule has 14 nitrogen and oxygen atoms in total. The molecule has 2 saturated heterocycles. The van der Waals surface area contributed by atoms with Crippen molar-refractivity contribution in [3.63, 3.8) is 0 Å². The standard InChI is InChI=1S/C39H64O14/c1-18(20(3)15-50-35-32(47)28(43)24(41)16-51-35)7-8-19(2)27-30(45)31(46)34-38(27,5)12-10-26-37(4)11-9-21(13-22(37)23(40)14-39(26,34)48)53-36-33(49-6)29(44)25(42)17-52-36/h7-8,13,18-21,23-36,40-48H,9-12,14-17H2,1-6H3/b8-7+/t18-,19-,20-,21+,23-,24-,25-,26-,27+,28+,29+,30-,31+,32-,33-,34-,35-,36+,37+,38-,39+/m1/s1. The van der Waals surface area contributed by atoms with Crippen molar-refractivity contribution in [1.82, 2.24) is 0 Å². The van der Waals surface area contributed by atoms with Crippen LogP contribution in [0.15, 0.2) is 23.8 Å². The fraction of sp³-hybridized carbons (Fsp3) is 0.897. The van der Waals surface area contributed by atoms with Gasteiger partial charge in [0.2, 0.25) is 0 Å². The Kier molecular flexibility index (Phi) is 12.3. The monoisotopic (exact) mass is 756 g/mol. The summed E-state index contributed by atoms with van der Waals surface area (Å²) in [5.41, 5.74) is -1.87. The van der Waals surface area contributed by atoms with Crippen molar-refractivity contribution < 1.29 is 69.6 Å². The predicted octanol–water partition coefficient (Wildman–Crippen LogP) is -0.00890. The largest absolute Gasteiger partial charge is 0.390 e. The second kappa shape index (κ2) is 15.7. The summed E-state index contributed by atoms with van der Waals surface area (Å²) in [6.45, 7) is 10.2. The molecule has 14 heteroatoms. The van der Waals surface area contributed by atoms with Crippen molar-refractivity contribution >= 4 is 0 Å². The lowest BCUT2D eigenvalue weighted by molar-refractivity contribution is -0.285. The Morgan fingerprint density at radius 1 is 0.830 bits per heavy atom. The van der Waals surface area contributed by atoms with E-state index in [-0.39, 0.29) is 55.8 Å². The van der Waals surface area contributed by atoms with Crippen LogP contribution >= 0.6 is 0 Å². The number of methoxy groups -OCH3 is 1. The lowest BCUT2D eigenvalue weighted by Gasteiger charge is -2.63. The van der Waals surface area contributed by atoms with Crippen LogP contribution in [0.4, 0.5) is 0 Å². The van der Waals surface area contributed by atoms with Crippen molar-refractivity contribution in [2.45, 2.75) is 146 Å². The van der Waals surface area contributed by atoms with Crippen LogP contribution in [0.1, 0.15) is 66.7 Å². The number of hydrogen-bond donors (Lipinski definition) is 9. The van der Waals surface area contributed by atoms with Crippen LogP contribution < -0.4 is 0 Å². The second-order valence-electron chi connectivity index (χ2n) is 17.7. The third kappa shape index (κ3) is 7.22. The summed E-state index contributed by atoms with van der Waals surface area (Å²) >= 11 is 0. The Hall–Kier alpha value is -1.08. The molecule has 3 saturated carbocycles. The Balaban J connectivity index is 1.14. The highest BCUT2D eigenvalue weighted by Crippen LogP contribution is 2.69. The number of fused-ring (bicyclic) bond motifs is 5. The summed E-state index contributed by atoms with van der Waals surface area (Å²) in [5.74, 6) is -1.43. The first-order valence-corrected chi connectivity index (χ1v) is 19.5. The predicted molar refractivity (Wildman–Crippen MR) is 189 cm³/mol. The van der Waals surface area contributed by atoms with Crippen molar-refractivity contribution in [3.05, 3.63) is 23.8 Å². The molecule has 4 aliphatic carbocycles. The minimum Gasteiger partial charge on any atom is -0.390 e. The zero-order chi connectivity index (χ0) is 38.8. The fourth-order valence-corrected chi connectivity index (χ4v) is 11.3. The van der Waals surface area contributed by atoms with Crippen molar-refractivity contribution in [2.75, 3.05) is 26.9 Å². The molecule has 0 radical (unpaired) electrons. The van der Waals surface area contributed by atoms with E-state index < -0.39 is 96.0 Å². The normalized spacial score (nSPS) is 51.9. The van der Waals surface area contributed by atoms with E-state index in [1.807, 2.05) is 26.8 Å². The maximum Gasteiger partial charge on any atom is 0.187 e. The minimum atomic E-state index is -1.44. The van der Waals surface area contributed by atoms with E-state index in [2.05, 4.69) is 26.0 Å². The molecule has 0 spiro atoms. The second-order valence-corrected chi connectivity index (χ2v) is 17.7. The van der Waals surface area contributed by atoms with Gasteiger partial charge in [-0.25, -0.2) is 0 Å². The number of ether oxygens (including phenoxy) is 5. The van der Waals surface area contributed by atoms with Crippen molar-refractivity contribution in [2.24, 2.45) is 46.3 Å². The molecule has 0 aromatic heterocycles. The quantitative estimate of drug-likeness (QED) is 0.134. The summed E-state index contributed by atoms with van der Waals surface area (Å²) in [6.07, 6.45) is -4.15. The van der Waals surface area contributed by atoms with Gasteiger partial charge in [0.1, 0.15) is 36.6 Å². The molecule has 5 fully saturated rings. The topological polar surface area (TPSA) is 228 Å². The van der Waals surface area contributed by atoms with Gasteiger partial charge in [-0.05, 0) is 71.7 Å². The average molecular weight is 757 g/mol. The van der Waals surface area contributed by atoms with Crippen LogP contribution in [0.25, 0.3) is 0 Å². The molecule has 9 N–H and O–H groups in total. The number of aliphatic hydroxyl groups is 9. The van der Waals surface area contributed by atoms with Gasteiger partial charge in [-0.15, -0.1) is 0 Å². The lowest BCUT2D eigenvalue weighted by atomic mass is 9.43. The van der Waals surface area contributed by atoms with Crippen LogP contribution in [0, 0.1) is 46.3 Å². The van der Waals surface area contributed by atoms with E-state index in [9.17, 15) is 46.0 Å². The molecule has 21 atom stereocenters. The van der Waals surface area contributed by atoms with Crippen molar-refractivity contribution in [3.8, 4) is 0 Å². The summed E-state index contributed by atoms with van der Waals surface area (Å²) in [7, 11) is 1.42. The number of aliphatic hydroxyl groups excluding tert-OH is 8. The van der Waals surface area contributed by atoms with Gasteiger partial charge in [-0.3, -0.25) is 0 Å². The van der Waals surface area contributed by atoms with E-state index in [0.29, 0.717) is 25.7 Å². The molecule has 0 unspecified atom stereocenters. The summed E-state index contributed by atoms with van der Waals surface area (Å²) in [4.78, 5) is 0. The Morgan fingerprint density at radius 2 is 1.49 bits per heavy atom. The molecule has 304 valence electrons. The van der Waals surface area contributed by atoms with Gasteiger partial charge < -0.3 is 69.6 Å². The third-order valence-electron chi connectivity index (χ3n) is 14.4. The third-order valence-corrected chi connectivity index (χ3v) is 14.4. The lowest BCUT2D eigenvalue weighted by Crippen LogP contribution is -2.66. The van der Waals surface area contributed by atoms with Crippen LogP contribution in [0.5, 0.6) is 0 Å². The molecule has 0 aromatic carbocycles. The Morgan fingerprint density at radius 3 is 2.17 bits per heavy atom. The van der Waals surface area contributed by atoms with Crippen LogP contribution in [-0.2, 0) is 23.7 Å². The number of rotatable bonds is 10. The number of hydrogen-bond acceptors (Lipinski definition) is 14. The molecule has 2 heterocycles. The van der Waals surface area contributed by atoms with Gasteiger partial charge in [0.25, 0.3) is 0 Å². The molecule has 6 rings (SSSR count). The first kappa shape index (κ1) is 41.6. The van der Waals surface area contributed by atoms with E-state index in [1.165, 1.54) is 7.11 Å². The summed E-state index contributed by atoms with van der Waals surface area (Å²) < 4.78 is 28.4. The van der Waals surface area contributed by atoms with Gasteiger partial charge in [-0.2, -0.15) is 0 Å². The number of allylic oxidation sites excluding steroid dienone is 2. The van der Waals surface area contributed by atoms with Crippen LogP contribution in [-0.4, -0.2) is 152 Å². The van der Waals surface area contributed by atoms with Gasteiger partial charge >= 0.3 is 0 Å². The molecule has 6 aliphatic rings. The zero-order valence-electron chi connectivity index (χ0n) is 31.8. The van der Waals surface area contributed by atoms with Crippen LogP contribution in [0.2, 0.25) is 0 Å². The molecule has 0 aromatic rings. The molecule has 0 amide bonds. The summed E-state index contributed by atoms with van der Waals surface area (Å²) in [5, 5.41) is 98.3. The van der Waals surface area contributed by atoms with Gasteiger partial charge in [-0.1, -0.05) is 52.8 Å². The maximum atomic E-state index is 12.8. The zero-order valence-corrected chi connectivity index (χ0v) is 31.8. The molecule has 2 aliphatic heterocycles. The van der Waals surface area contributed by atoms with Gasteiger partial charge in [0.05, 0.1) is 49.8 Å². The Labute approximate surface area is 312 Å². The highest BCUT2D eigenvalue weighted by atomic mass is 16.7. The smallest absolute Gasteiger partial charge is 0.187 e. The highest BCUT2D eigenvalue weighted by molar-refractivity contribution is 5.33. The first-order chi connectivity index (χ1) is 24.9. The average Bonchev–Trinajstić information content (AvgIpc) is 3.32. The van der Waals surface area contributed by atoms with E-state index in [4.69, 9.17) is 23.7 Å². The summed E-state index contributed by atoms with van der Waals surface area (Å²) in [6, 6.07) is 0. The first-order valence-electron chi connectivity index (χ1n) is 19.5. The fourth-order valence-electron chi connectivity index (χ4n) is 11.3. The minimum absolute atomic E-state index is 0.000113. The maximum absolute atomic E-state index is 12.8. The van der Waals surface area contributed by atoms with Crippen molar-refractivity contribution in [1.29, 1.82) is 0 Å². The molecule has 53 heavy (non-hydrogen) atoms. The van der Waals surface area contributed by atoms with Crippen LogP contribution in [0.3, 0.4) is 0 Å². The molecule has 0 bridgehead atoms. The van der Waals surface area contributed by atoms with Gasteiger partial charge in [0.15, 0.2) is 12.6 Å². The highest BCUT2D eigenvalue weighted by Gasteiger charge is 2.72. The SMILES string of the molecule is CO[C@H]1[C@H](O[C@@H]2C=C3[C@H](O)C[C@@]4(O)[C@@H]5[C@@H](O)[C@H](O)[C@H]([C@H](C)/C=C/[C@@H](C)[C@H](C)CO[C@@H]6OC[C@@H](O)[C@H](O)[C@H]6O)[C@@]5(C)CC[C@@H]4[C@@]3(C)CC2)OC[C@@H](O)[C@@H]1O. The van der Waals surface area contributed by atoms with E-state index in [0.717, 1.165) is 5.57 Å². The van der Waals surface area contributed by atoms with E-state index in [1.54, 1.807) is 0 Å². The molecular weight excluding hydrogens is 692 g/mol.